The van der Waals surface area contributed by atoms with E-state index in [1.807, 2.05) is 17.0 Å². The highest BCUT2D eigenvalue weighted by Crippen LogP contribution is 2.19. The van der Waals surface area contributed by atoms with Crippen molar-refractivity contribution in [3.05, 3.63) is 35.5 Å². The maximum absolute atomic E-state index is 12.5. The number of amides is 1. The molecule has 3 rings (SSSR count). The molecule has 1 aromatic carbocycles. The lowest BCUT2D eigenvalue weighted by Crippen LogP contribution is -2.32. The fraction of sp³-hybridized carbons (Fsp3) is 0.438. The highest BCUT2D eigenvalue weighted by atomic mass is 16.2. The second kappa shape index (κ2) is 5.08. The van der Waals surface area contributed by atoms with Crippen molar-refractivity contribution in [1.29, 1.82) is 0 Å². The van der Waals surface area contributed by atoms with E-state index in [1.54, 1.807) is 0 Å². The molecule has 0 bridgehead atoms. The van der Waals surface area contributed by atoms with Crippen LogP contribution in [0.2, 0.25) is 0 Å². The van der Waals surface area contributed by atoms with Gasteiger partial charge in [0.1, 0.15) is 5.69 Å². The number of fused-ring (bicyclic) bond motifs is 1. The molecule has 1 fully saturated rings. The maximum Gasteiger partial charge on any atom is 0.270 e. The number of nitrogens with zero attached hydrogens (tertiary/aromatic N) is 1. The molecular formula is C16H20N2O. The molecule has 100 valence electrons. The van der Waals surface area contributed by atoms with Gasteiger partial charge >= 0.3 is 0 Å². The van der Waals surface area contributed by atoms with Crippen LogP contribution in [0.5, 0.6) is 0 Å². The molecule has 1 N–H and O–H groups in total. The van der Waals surface area contributed by atoms with Crippen LogP contribution in [-0.4, -0.2) is 28.9 Å². The van der Waals surface area contributed by atoms with Gasteiger partial charge in [0.25, 0.3) is 5.91 Å². The molecule has 1 saturated heterocycles. The Balaban J connectivity index is 1.88. The minimum atomic E-state index is 0.149. The van der Waals surface area contributed by atoms with E-state index >= 15 is 0 Å². The summed E-state index contributed by atoms with van der Waals surface area (Å²) < 4.78 is 0. The summed E-state index contributed by atoms with van der Waals surface area (Å²) in [6.07, 6.45) is 4.75. The molecule has 1 amide bonds. The second-order valence-corrected chi connectivity index (χ2v) is 5.48. The van der Waals surface area contributed by atoms with Crippen LogP contribution in [0.4, 0.5) is 0 Å². The van der Waals surface area contributed by atoms with Crippen molar-refractivity contribution in [3.8, 4) is 0 Å². The summed E-state index contributed by atoms with van der Waals surface area (Å²) in [6, 6.07) is 8.21. The van der Waals surface area contributed by atoms with Gasteiger partial charge in [0.15, 0.2) is 0 Å². The fourth-order valence-electron chi connectivity index (χ4n) is 2.81. The first-order chi connectivity index (χ1) is 9.24. The van der Waals surface area contributed by atoms with E-state index in [9.17, 15) is 4.79 Å². The zero-order valence-electron chi connectivity index (χ0n) is 11.4. The molecule has 1 aliphatic rings. The van der Waals surface area contributed by atoms with E-state index in [-0.39, 0.29) is 5.91 Å². The third kappa shape index (κ3) is 2.50. The molecule has 0 radical (unpaired) electrons. The maximum atomic E-state index is 12.5. The van der Waals surface area contributed by atoms with E-state index in [4.69, 9.17) is 0 Å². The predicted molar refractivity (Wildman–Crippen MR) is 77.4 cm³/mol. The first-order valence-corrected chi connectivity index (χ1v) is 7.13. The van der Waals surface area contributed by atoms with Gasteiger partial charge in [-0.05, 0) is 38.0 Å². The minimum Gasteiger partial charge on any atom is -0.351 e. The molecule has 2 heterocycles. The van der Waals surface area contributed by atoms with Crippen LogP contribution in [0.15, 0.2) is 24.3 Å². The molecule has 0 saturated carbocycles. The number of hydrogen-bond donors (Lipinski definition) is 1. The Hall–Kier alpha value is -1.77. The Morgan fingerprint density at radius 1 is 1.11 bits per heavy atom. The summed E-state index contributed by atoms with van der Waals surface area (Å²) in [5, 5.41) is 1.12. The Kier molecular flexibility index (Phi) is 3.28. The second-order valence-electron chi connectivity index (χ2n) is 5.48. The molecular weight excluding hydrogens is 236 g/mol. The number of H-pyrrole nitrogens is 1. The van der Waals surface area contributed by atoms with Gasteiger partial charge in [-0.1, -0.05) is 24.5 Å². The number of aromatic amines is 1. The number of hydrogen-bond acceptors (Lipinski definition) is 1. The summed E-state index contributed by atoms with van der Waals surface area (Å²) in [7, 11) is 0. The monoisotopic (exact) mass is 256 g/mol. The summed E-state index contributed by atoms with van der Waals surface area (Å²) in [5.41, 5.74) is 2.99. The molecule has 0 aliphatic carbocycles. The minimum absolute atomic E-state index is 0.149. The quantitative estimate of drug-likeness (QED) is 0.833. The number of likely N-dealkylation sites (tertiary alicyclic amines) is 1. The van der Waals surface area contributed by atoms with Crippen LogP contribution in [-0.2, 0) is 0 Å². The van der Waals surface area contributed by atoms with Gasteiger partial charge in [-0.3, -0.25) is 4.79 Å². The number of nitrogens with one attached hydrogen (secondary N) is 1. The van der Waals surface area contributed by atoms with Crippen LogP contribution >= 0.6 is 0 Å². The number of aromatic nitrogens is 1. The normalized spacial score (nSPS) is 16.6. The van der Waals surface area contributed by atoms with Gasteiger partial charge < -0.3 is 9.88 Å². The van der Waals surface area contributed by atoms with Crippen LogP contribution in [0.3, 0.4) is 0 Å². The van der Waals surface area contributed by atoms with Gasteiger partial charge in [-0.15, -0.1) is 0 Å². The summed E-state index contributed by atoms with van der Waals surface area (Å²) in [4.78, 5) is 17.7. The van der Waals surface area contributed by atoms with Crippen LogP contribution in [0.1, 0.15) is 41.7 Å². The van der Waals surface area contributed by atoms with Crippen molar-refractivity contribution in [2.45, 2.75) is 32.6 Å². The highest BCUT2D eigenvalue weighted by molar-refractivity contribution is 5.98. The summed E-state index contributed by atoms with van der Waals surface area (Å²) >= 11 is 0. The summed E-state index contributed by atoms with van der Waals surface area (Å²) in [6.45, 7) is 3.86. The van der Waals surface area contributed by atoms with Crippen molar-refractivity contribution in [3.63, 3.8) is 0 Å². The molecule has 3 nitrogen and oxygen atoms in total. The molecule has 0 spiro atoms. The lowest BCUT2D eigenvalue weighted by atomic mass is 10.2. The lowest BCUT2D eigenvalue weighted by molar-refractivity contribution is 0.0757. The predicted octanol–water partition coefficient (Wildman–Crippen LogP) is 3.49. The van der Waals surface area contributed by atoms with Crippen molar-refractivity contribution < 1.29 is 4.79 Å². The van der Waals surface area contributed by atoms with Crippen molar-refractivity contribution >= 4 is 16.8 Å². The largest absolute Gasteiger partial charge is 0.351 e. The topological polar surface area (TPSA) is 36.1 Å². The first kappa shape index (κ1) is 12.3. The molecule has 1 aliphatic heterocycles. The van der Waals surface area contributed by atoms with Crippen LogP contribution < -0.4 is 0 Å². The molecule has 19 heavy (non-hydrogen) atoms. The molecule has 0 unspecified atom stereocenters. The van der Waals surface area contributed by atoms with E-state index in [0.29, 0.717) is 0 Å². The molecule has 3 heteroatoms. The Labute approximate surface area is 113 Å². The van der Waals surface area contributed by atoms with Gasteiger partial charge in [0.2, 0.25) is 0 Å². The zero-order chi connectivity index (χ0) is 13.2. The highest BCUT2D eigenvalue weighted by Gasteiger charge is 2.18. The van der Waals surface area contributed by atoms with Gasteiger partial charge in [0.05, 0.1) is 0 Å². The zero-order valence-corrected chi connectivity index (χ0v) is 11.4. The number of carbonyl (C=O) groups excluding carboxylic acids is 1. The van der Waals surface area contributed by atoms with Crippen molar-refractivity contribution in [2.24, 2.45) is 0 Å². The third-order valence-corrected chi connectivity index (χ3v) is 3.90. The molecule has 1 aromatic heterocycles. The van der Waals surface area contributed by atoms with Crippen molar-refractivity contribution in [1.82, 2.24) is 9.88 Å². The third-order valence-electron chi connectivity index (χ3n) is 3.90. The van der Waals surface area contributed by atoms with E-state index < -0.39 is 0 Å². The van der Waals surface area contributed by atoms with Crippen LogP contribution in [0, 0.1) is 6.92 Å². The van der Waals surface area contributed by atoms with Gasteiger partial charge in [-0.25, -0.2) is 0 Å². The Morgan fingerprint density at radius 3 is 2.58 bits per heavy atom. The summed E-state index contributed by atoms with van der Waals surface area (Å²) in [5.74, 6) is 0.149. The lowest BCUT2D eigenvalue weighted by Gasteiger charge is -2.19. The van der Waals surface area contributed by atoms with Gasteiger partial charge in [-0.2, -0.15) is 0 Å². The standard InChI is InChI=1S/C16H20N2O/c1-12-6-7-14-13(10-12)11-15(17-14)16(19)18-8-4-2-3-5-9-18/h6-7,10-11,17H,2-5,8-9H2,1H3. The van der Waals surface area contributed by atoms with Crippen LogP contribution in [0.25, 0.3) is 10.9 Å². The Morgan fingerprint density at radius 2 is 1.84 bits per heavy atom. The molecule has 0 atom stereocenters. The van der Waals surface area contributed by atoms with E-state index in [2.05, 4.69) is 24.0 Å². The number of benzene rings is 1. The van der Waals surface area contributed by atoms with Gasteiger partial charge in [0, 0.05) is 24.0 Å². The van der Waals surface area contributed by atoms with Crippen molar-refractivity contribution in [2.75, 3.05) is 13.1 Å². The average Bonchev–Trinajstić information content (AvgIpc) is 2.64. The number of aryl methyl sites for hydroxylation is 1. The van der Waals surface area contributed by atoms with E-state index in [0.717, 1.165) is 42.5 Å². The number of carbonyl (C=O) groups is 1. The Bertz CT molecular complexity index is 592. The fourth-order valence-corrected chi connectivity index (χ4v) is 2.81. The smallest absolute Gasteiger partial charge is 0.270 e. The average molecular weight is 256 g/mol. The molecule has 2 aromatic rings. The SMILES string of the molecule is Cc1ccc2[nH]c(C(=O)N3CCCCCC3)cc2c1. The van der Waals surface area contributed by atoms with E-state index in [1.165, 1.54) is 18.4 Å². The number of rotatable bonds is 1. The first-order valence-electron chi connectivity index (χ1n) is 7.13.